The largest absolute Gasteiger partial charge is 0.497 e. The predicted octanol–water partition coefficient (Wildman–Crippen LogP) is 4.99. The number of aryl methyl sites for hydroxylation is 1. The van der Waals surface area contributed by atoms with Gasteiger partial charge in [-0.2, -0.15) is 0 Å². The third-order valence-electron chi connectivity index (χ3n) is 5.80. The number of nitrogens with zero attached hydrogens (tertiary/aromatic N) is 3. The van der Waals surface area contributed by atoms with E-state index in [1.165, 1.54) is 12.1 Å². The molecule has 1 atom stereocenters. The molecular weight excluding hydrogens is 393 g/mol. The second kappa shape index (κ2) is 9.43. The van der Waals surface area contributed by atoms with Crippen LogP contribution in [0.3, 0.4) is 0 Å². The number of piperidine rings is 1. The van der Waals surface area contributed by atoms with Crippen LogP contribution in [0.2, 0.25) is 0 Å². The second-order valence-corrected chi connectivity index (χ2v) is 8.02. The van der Waals surface area contributed by atoms with E-state index in [1.54, 1.807) is 26.4 Å². The minimum absolute atomic E-state index is 0.240. The van der Waals surface area contributed by atoms with Crippen LogP contribution in [0.25, 0.3) is 11.1 Å². The number of hydrogen-bond donors (Lipinski definition) is 0. The summed E-state index contributed by atoms with van der Waals surface area (Å²) in [4.78, 5) is 11.7. The summed E-state index contributed by atoms with van der Waals surface area (Å²) in [7, 11) is 3.34. The lowest BCUT2D eigenvalue weighted by molar-refractivity contribution is 0.198. The number of benzene rings is 2. The SMILES string of the molecule is COc1cc(CN2CCCC(c3nc(C)ncc3-c3ccc(F)cc3)C2)cc(OC)c1. The van der Waals surface area contributed by atoms with Crippen LogP contribution in [0.5, 0.6) is 11.5 Å². The Bertz CT molecular complexity index is 1020. The van der Waals surface area contributed by atoms with Crippen LogP contribution < -0.4 is 9.47 Å². The van der Waals surface area contributed by atoms with Crippen molar-refractivity contribution in [3.8, 4) is 22.6 Å². The first kappa shape index (κ1) is 21.2. The Morgan fingerprint density at radius 3 is 2.45 bits per heavy atom. The van der Waals surface area contributed by atoms with Crippen LogP contribution in [0.15, 0.2) is 48.7 Å². The topological polar surface area (TPSA) is 47.5 Å². The second-order valence-electron chi connectivity index (χ2n) is 8.02. The molecule has 0 radical (unpaired) electrons. The molecule has 1 fully saturated rings. The summed E-state index contributed by atoms with van der Waals surface area (Å²) >= 11 is 0. The van der Waals surface area contributed by atoms with Crippen molar-refractivity contribution in [1.82, 2.24) is 14.9 Å². The van der Waals surface area contributed by atoms with E-state index in [-0.39, 0.29) is 5.82 Å². The molecule has 0 amide bonds. The highest BCUT2D eigenvalue weighted by molar-refractivity contribution is 5.65. The van der Waals surface area contributed by atoms with Gasteiger partial charge in [0, 0.05) is 36.8 Å². The van der Waals surface area contributed by atoms with Crippen LogP contribution in [-0.2, 0) is 6.54 Å². The number of hydrogen-bond acceptors (Lipinski definition) is 5. The Labute approximate surface area is 182 Å². The summed E-state index contributed by atoms with van der Waals surface area (Å²) in [6, 6.07) is 12.6. The summed E-state index contributed by atoms with van der Waals surface area (Å²) in [6.45, 7) is 4.68. The van der Waals surface area contributed by atoms with Gasteiger partial charge in [0.25, 0.3) is 0 Å². The van der Waals surface area contributed by atoms with Gasteiger partial charge in [-0.15, -0.1) is 0 Å². The van der Waals surface area contributed by atoms with Gasteiger partial charge in [-0.3, -0.25) is 4.90 Å². The average molecular weight is 422 g/mol. The fourth-order valence-corrected chi connectivity index (χ4v) is 4.29. The molecule has 1 saturated heterocycles. The molecule has 2 heterocycles. The predicted molar refractivity (Wildman–Crippen MR) is 119 cm³/mol. The highest BCUT2D eigenvalue weighted by atomic mass is 19.1. The van der Waals surface area contributed by atoms with Crippen molar-refractivity contribution in [2.75, 3.05) is 27.3 Å². The Hall–Kier alpha value is -2.99. The molecule has 6 heteroatoms. The first-order valence-corrected chi connectivity index (χ1v) is 10.6. The highest BCUT2D eigenvalue weighted by Gasteiger charge is 2.25. The van der Waals surface area contributed by atoms with E-state index >= 15 is 0 Å². The zero-order chi connectivity index (χ0) is 21.8. The van der Waals surface area contributed by atoms with Crippen molar-refractivity contribution in [3.05, 3.63) is 71.6 Å². The van der Waals surface area contributed by atoms with Crippen molar-refractivity contribution in [2.24, 2.45) is 0 Å². The lowest BCUT2D eigenvalue weighted by Crippen LogP contribution is -2.34. The van der Waals surface area contributed by atoms with Crippen molar-refractivity contribution < 1.29 is 13.9 Å². The molecule has 0 N–H and O–H groups in total. The maximum atomic E-state index is 13.4. The monoisotopic (exact) mass is 421 g/mol. The number of aromatic nitrogens is 2. The summed E-state index contributed by atoms with van der Waals surface area (Å²) < 4.78 is 24.3. The van der Waals surface area contributed by atoms with Crippen molar-refractivity contribution in [2.45, 2.75) is 32.2 Å². The van der Waals surface area contributed by atoms with E-state index in [1.807, 2.05) is 19.2 Å². The quantitative estimate of drug-likeness (QED) is 0.561. The van der Waals surface area contributed by atoms with Crippen molar-refractivity contribution in [1.29, 1.82) is 0 Å². The van der Waals surface area contributed by atoms with Gasteiger partial charge in [-0.05, 0) is 61.7 Å². The van der Waals surface area contributed by atoms with Crippen LogP contribution in [-0.4, -0.2) is 42.2 Å². The van der Waals surface area contributed by atoms with E-state index in [2.05, 4.69) is 22.0 Å². The van der Waals surface area contributed by atoms with Gasteiger partial charge in [0.15, 0.2) is 0 Å². The van der Waals surface area contributed by atoms with Gasteiger partial charge in [0.1, 0.15) is 23.1 Å². The van der Waals surface area contributed by atoms with Crippen molar-refractivity contribution in [3.63, 3.8) is 0 Å². The fourth-order valence-electron chi connectivity index (χ4n) is 4.29. The molecule has 0 saturated carbocycles. The third kappa shape index (κ3) is 5.02. The lowest BCUT2D eigenvalue weighted by Gasteiger charge is -2.33. The Balaban J connectivity index is 1.58. The standard InChI is InChI=1S/C25H28FN3O2/c1-17-27-14-24(19-6-8-21(26)9-7-19)25(28-17)20-5-4-10-29(16-20)15-18-11-22(30-2)13-23(12-18)31-3/h6-9,11-14,20H,4-5,10,15-16H2,1-3H3. The van der Waals surface area contributed by atoms with E-state index < -0.39 is 0 Å². The molecule has 31 heavy (non-hydrogen) atoms. The molecule has 162 valence electrons. The molecular formula is C25H28FN3O2. The molecule has 5 nitrogen and oxygen atoms in total. The highest BCUT2D eigenvalue weighted by Crippen LogP contribution is 2.34. The zero-order valence-electron chi connectivity index (χ0n) is 18.3. The first-order chi connectivity index (χ1) is 15.1. The third-order valence-corrected chi connectivity index (χ3v) is 5.80. The number of rotatable bonds is 6. The Kier molecular flexibility index (Phi) is 6.47. The zero-order valence-corrected chi connectivity index (χ0v) is 18.3. The fraction of sp³-hybridized carbons (Fsp3) is 0.360. The van der Waals surface area contributed by atoms with Crippen LogP contribution >= 0.6 is 0 Å². The number of halogens is 1. The summed E-state index contributed by atoms with van der Waals surface area (Å²) in [6.07, 6.45) is 4.04. The molecule has 1 aliphatic heterocycles. The van der Waals surface area contributed by atoms with Gasteiger partial charge in [0.05, 0.1) is 19.9 Å². The molecule has 0 aliphatic carbocycles. The van der Waals surface area contributed by atoms with Gasteiger partial charge in [0.2, 0.25) is 0 Å². The molecule has 1 aliphatic rings. The molecule has 1 aromatic heterocycles. The maximum absolute atomic E-state index is 13.4. The van der Waals surface area contributed by atoms with E-state index in [0.29, 0.717) is 5.92 Å². The van der Waals surface area contributed by atoms with E-state index in [9.17, 15) is 4.39 Å². The summed E-state index contributed by atoms with van der Waals surface area (Å²) in [5.41, 5.74) is 4.15. The average Bonchev–Trinajstić information content (AvgIpc) is 2.79. The molecule has 2 aromatic carbocycles. The van der Waals surface area contributed by atoms with E-state index in [0.717, 1.165) is 72.2 Å². The molecule has 0 bridgehead atoms. The van der Waals surface area contributed by atoms with Crippen LogP contribution in [0.1, 0.15) is 35.8 Å². The lowest BCUT2D eigenvalue weighted by atomic mass is 9.89. The van der Waals surface area contributed by atoms with E-state index in [4.69, 9.17) is 14.5 Å². The van der Waals surface area contributed by atoms with Crippen molar-refractivity contribution >= 4 is 0 Å². The molecule has 4 rings (SSSR count). The van der Waals surface area contributed by atoms with Gasteiger partial charge in [-0.1, -0.05) is 12.1 Å². The Morgan fingerprint density at radius 1 is 1.06 bits per heavy atom. The molecule has 1 unspecified atom stereocenters. The number of methoxy groups -OCH3 is 2. The normalized spacial score (nSPS) is 16.8. The molecule has 0 spiro atoms. The Morgan fingerprint density at radius 2 is 1.77 bits per heavy atom. The van der Waals surface area contributed by atoms with Crippen LogP contribution in [0.4, 0.5) is 4.39 Å². The minimum Gasteiger partial charge on any atom is -0.497 e. The summed E-state index contributed by atoms with van der Waals surface area (Å²) in [5, 5.41) is 0. The maximum Gasteiger partial charge on any atom is 0.125 e. The molecule has 3 aromatic rings. The van der Waals surface area contributed by atoms with Gasteiger partial charge < -0.3 is 9.47 Å². The first-order valence-electron chi connectivity index (χ1n) is 10.6. The smallest absolute Gasteiger partial charge is 0.125 e. The van der Waals surface area contributed by atoms with Gasteiger partial charge >= 0.3 is 0 Å². The minimum atomic E-state index is -0.240. The summed E-state index contributed by atoms with van der Waals surface area (Å²) in [5.74, 6) is 2.41. The number of ether oxygens (including phenoxy) is 2. The van der Waals surface area contributed by atoms with Crippen LogP contribution in [0, 0.1) is 12.7 Å². The number of likely N-dealkylation sites (tertiary alicyclic amines) is 1. The van der Waals surface area contributed by atoms with Gasteiger partial charge in [-0.25, -0.2) is 14.4 Å².